The highest BCUT2D eigenvalue weighted by atomic mass is 35.5. The molecule has 19 heavy (non-hydrogen) atoms. The monoisotopic (exact) mass is 292 g/mol. The van der Waals surface area contributed by atoms with Gasteiger partial charge in [-0.15, -0.1) is 22.9 Å². The Labute approximate surface area is 120 Å². The minimum absolute atomic E-state index is 0.174. The summed E-state index contributed by atoms with van der Waals surface area (Å²) in [5.74, 6) is 1.13. The van der Waals surface area contributed by atoms with Crippen molar-refractivity contribution >= 4 is 33.0 Å². The lowest BCUT2D eigenvalue weighted by Gasteiger charge is -1.99. The standard InChI is InChI=1S/C14H13ClN2OS/c1-2-5-11(15)13-16-14(18-17-13)10-8-19-12-7-4-3-6-9(10)12/h3-4,6-8,11H,2,5H2,1H3. The fourth-order valence-corrected chi connectivity index (χ4v) is 3.24. The van der Waals surface area contributed by atoms with Gasteiger partial charge in [0.2, 0.25) is 0 Å². The predicted molar refractivity (Wildman–Crippen MR) is 78.6 cm³/mol. The number of aromatic nitrogens is 2. The van der Waals surface area contributed by atoms with Crippen LogP contribution >= 0.6 is 22.9 Å². The average molecular weight is 293 g/mol. The van der Waals surface area contributed by atoms with Gasteiger partial charge in [0.1, 0.15) is 0 Å². The van der Waals surface area contributed by atoms with Crippen LogP contribution in [0.25, 0.3) is 21.5 Å². The number of hydrogen-bond acceptors (Lipinski definition) is 4. The molecular weight excluding hydrogens is 280 g/mol. The van der Waals surface area contributed by atoms with Gasteiger partial charge >= 0.3 is 0 Å². The fourth-order valence-electron chi connectivity index (χ4n) is 2.00. The van der Waals surface area contributed by atoms with Gasteiger partial charge in [0, 0.05) is 15.5 Å². The predicted octanol–water partition coefficient (Wildman–Crippen LogP) is 5.03. The Bertz CT molecular complexity index is 691. The Morgan fingerprint density at radius 2 is 2.21 bits per heavy atom. The molecule has 1 atom stereocenters. The van der Waals surface area contributed by atoms with Gasteiger partial charge in [-0.05, 0) is 12.5 Å². The van der Waals surface area contributed by atoms with E-state index in [1.165, 1.54) is 4.70 Å². The quantitative estimate of drug-likeness (QED) is 0.633. The zero-order valence-electron chi connectivity index (χ0n) is 10.5. The first-order valence-electron chi connectivity index (χ1n) is 6.24. The Morgan fingerprint density at radius 1 is 1.37 bits per heavy atom. The summed E-state index contributed by atoms with van der Waals surface area (Å²) in [5, 5.41) is 7.00. The summed E-state index contributed by atoms with van der Waals surface area (Å²) in [6.45, 7) is 2.09. The number of benzene rings is 1. The third kappa shape index (κ3) is 2.38. The molecule has 1 aromatic carbocycles. The summed E-state index contributed by atoms with van der Waals surface area (Å²) < 4.78 is 6.56. The van der Waals surface area contributed by atoms with Gasteiger partial charge in [0.05, 0.1) is 10.9 Å². The average Bonchev–Trinajstić information content (AvgIpc) is 3.05. The molecule has 5 heteroatoms. The normalized spacial score (nSPS) is 12.9. The van der Waals surface area contributed by atoms with Gasteiger partial charge < -0.3 is 4.52 Å². The minimum Gasteiger partial charge on any atom is -0.334 e. The van der Waals surface area contributed by atoms with Gasteiger partial charge in [-0.3, -0.25) is 0 Å². The van der Waals surface area contributed by atoms with Crippen molar-refractivity contribution in [2.24, 2.45) is 0 Å². The van der Waals surface area contributed by atoms with Gasteiger partial charge in [0.25, 0.3) is 5.89 Å². The smallest absolute Gasteiger partial charge is 0.259 e. The molecule has 2 aromatic heterocycles. The van der Waals surface area contributed by atoms with Crippen molar-refractivity contribution in [3.63, 3.8) is 0 Å². The maximum atomic E-state index is 6.22. The van der Waals surface area contributed by atoms with Crippen LogP contribution in [-0.4, -0.2) is 10.1 Å². The van der Waals surface area contributed by atoms with Crippen LogP contribution in [0, 0.1) is 0 Å². The number of thiophene rings is 1. The first-order valence-corrected chi connectivity index (χ1v) is 7.55. The van der Waals surface area contributed by atoms with E-state index in [1.54, 1.807) is 11.3 Å². The molecule has 0 amide bonds. The van der Waals surface area contributed by atoms with Gasteiger partial charge in [-0.2, -0.15) is 4.98 Å². The molecule has 0 fully saturated rings. The lowest BCUT2D eigenvalue weighted by molar-refractivity contribution is 0.421. The van der Waals surface area contributed by atoms with Crippen LogP contribution in [-0.2, 0) is 0 Å². The number of halogens is 1. The van der Waals surface area contributed by atoms with Crippen molar-refractivity contribution in [2.45, 2.75) is 25.1 Å². The summed E-state index contributed by atoms with van der Waals surface area (Å²) in [4.78, 5) is 4.42. The van der Waals surface area contributed by atoms with E-state index in [0.29, 0.717) is 11.7 Å². The number of fused-ring (bicyclic) bond motifs is 1. The highest BCUT2D eigenvalue weighted by Gasteiger charge is 2.17. The molecule has 0 N–H and O–H groups in total. The Kier molecular flexibility index (Phi) is 3.53. The first-order chi connectivity index (χ1) is 9.29. The molecule has 0 radical (unpaired) electrons. The van der Waals surface area contributed by atoms with Gasteiger partial charge in [0.15, 0.2) is 5.82 Å². The minimum atomic E-state index is -0.174. The molecule has 0 aliphatic carbocycles. The van der Waals surface area contributed by atoms with E-state index in [4.69, 9.17) is 16.1 Å². The van der Waals surface area contributed by atoms with Crippen molar-refractivity contribution < 1.29 is 4.52 Å². The largest absolute Gasteiger partial charge is 0.334 e. The molecule has 3 rings (SSSR count). The van der Waals surface area contributed by atoms with E-state index in [0.717, 1.165) is 23.8 Å². The number of rotatable bonds is 4. The topological polar surface area (TPSA) is 38.9 Å². The molecular formula is C14H13ClN2OS. The van der Waals surface area contributed by atoms with E-state index in [9.17, 15) is 0 Å². The second-order valence-electron chi connectivity index (χ2n) is 4.36. The highest BCUT2D eigenvalue weighted by molar-refractivity contribution is 7.17. The summed E-state index contributed by atoms with van der Waals surface area (Å²) in [6.07, 6.45) is 1.85. The van der Waals surface area contributed by atoms with Crippen LogP contribution in [0.3, 0.4) is 0 Å². The Hall–Kier alpha value is -1.39. The lowest BCUT2D eigenvalue weighted by atomic mass is 10.2. The molecule has 0 aliphatic rings. The van der Waals surface area contributed by atoms with Crippen molar-refractivity contribution in [3.05, 3.63) is 35.5 Å². The van der Waals surface area contributed by atoms with Crippen LogP contribution in [0.1, 0.15) is 31.0 Å². The van der Waals surface area contributed by atoms with Crippen LogP contribution in [0.15, 0.2) is 34.2 Å². The highest BCUT2D eigenvalue weighted by Crippen LogP contribution is 2.34. The summed E-state index contributed by atoms with van der Waals surface area (Å²) in [5.41, 5.74) is 0.986. The van der Waals surface area contributed by atoms with Crippen LogP contribution in [0.5, 0.6) is 0 Å². The second kappa shape index (κ2) is 5.31. The van der Waals surface area contributed by atoms with E-state index < -0.39 is 0 Å². The lowest BCUT2D eigenvalue weighted by Crippen LogP contribution is -1.92. The zero-order valence-corrected chi connectivity index (χ0v) is 12.0. The molecule has 98 valence electrons. The van der Waals surface area contributed by atoms with E-state index in [2.05, 4.69) is 29.2 Å². The summed E-state index contributed by atoms with van der Waals surface area (Å²) >= 11 is 7.89. The Morgan fingerprint density at radius 3 is 3.05 bits per heavy atom. The summed E-state index contributed by atoms with van der Waals surface area (Å²) in [7, 11) is 0. The number of alkyl halides is 1. The molecule has 0 saturated carbocycles. The first kappa shape index (κ1) is 12.6. The van der Waals surface area contributed by atoms with Crippen molar-refractivity contribution in [1.29, 1.82) is 0 Å². The number of hydrogen-bond donors (Lipinski definition) is 0. The Balaban J connectivity index is 1.98. The van der Waals surface area contributed by atoms with E-state index in [-0.39, 0.29) is 5.38 Å². The molecule has 0 spiro atoms. The molecule has 3 aromatic rings. The maximum Gasteiger partial charge on any atom is 0.259 e. The van der Waals surface area contributed by atoms with Crippen molar-refractivity contribution in [3.8, 4) is 11.5 Å². The van der Waals surface area contributed by atoms with Crippen LogP contribution < -0.4 is 0 Å². The van der Waals surface area contributed by atoms with Crippen molar-refractivity contribution in [2.75, 3.05) is 0 Å². The molecule has 0 saturated heterocycles. The van der Waals surface area contributed by atoms with E-state index >= 15 is 0 Å². The van der Waals surface area contributed by atoms with Gasteiger partial charge in [-0.25, -0.2) is 0 Å². The van der Waals surface area contributed by atoms with E-state index in [1.807, 2.05) is 17.5 Å². The van der Waals surface area contributed by atoms with Gasteiger partial charge in [-0.1, -0.05) is 36.7 Å². The third-order valence-corrected chi connectivity index (χ3v) is 4.35. The third-order valence-electron chi connectivity index (χ3n) is 2.98. The zero-order chi connectivity index (χ0) is 13.2. The van der Waals surface area contributed by atoms with Crippen LogP contribution in [0.2, 0.25) is 0 Å². The number of nitrogens with zero attached hydrogens (tertiary/aromatic N) is 2. The molecule has 2 heterocycles. The fraction of sp³-hybridized carbons (Fsp3) is 0.286. The molecule has 0 aliphatic heterocycles. The maximum absolute atomic E-state index is 6.22. The molecule has 1 unspecified atom stereocenters. The molecule has 0 bridgehead atoms. The van der Waals surface area contributed by atoms with Crippen molar-refractivity contribution in [1.82, 2.24) is 10.1 Å². The molecule has 3 nitrogen and oxygen atoms in total. The SMILES string of the molecule is CCCC(Cl)c1noc(-c2csc3ccccc23)n1. The van der Waals surface area contributed by atoms with Crippen LogP contribution in [0.4, 0.5) is 0 Å². The second-order valence-corrected chi connectivity index (χ2v) is 5.80. The summed E-state index contributed by atoms with van der Waals surface area (Å²) in [6, 6.07) is 8.19.